The van der Waals surface area contributed by atoms with Crippen molar-refractivity contribution in [3.05, 3.63) is 64.3 Å². The van der Waals surface area contributed by atoms with Crippen LogP contribution in [0.4, 0.5) is 4.79 Å². The number of halogens is 1. The second-order valence-electron chi connectivity index (χ2n) is 5.69. The number of ether oxygens (including phenoxy) is 1. The predicted molar refractivity (Wildman–Crippen MR) is 107 cm³/mol. The molecule has 2 heterocycles. The van der Waals surface area contributed by atoms with Crippen LogP contribution in [0.25, 0.3) is 6.08 Å². The molecule has 1 aliphatic heterocycles. The van der Waals surface area contributed by atoms with Gasteiger partial charge in [-0.15, -0.1) is 0 Å². The van der Waals surface area contributed by atoms with Gasteiger partial charge in [0.2, 0.25) is 0 Å². The van der Waals surface area contributed by atoms with E-state index >= 15 is 0 Å². The van der Waals surface area contributed by atoms with Gasteiger partial charge in [0.1, 0.15) is 5.75 Å². The zero-order valence-corrected chi connectivity index (χ0v) is 16.2. The molecule has 1 fully saturated rings. The smallest absolute Gasteiger partial charge is 0.293 e. The molecule has 3 rings (SSSR count). The largest absolute Gasteiger partial charge is 0.482 e. The van der Waals surface area contributed by atoms with Gasteiger partial charge in [-0.25, -0.2) is 0 Å². The number of para-hydroxylation sites is 1. The van der Waals surface area contributed by atoms with Crippen molar-refractivity contribution < 1.29 is 19.1 Å². The molecule has 0 atom stereocenters. The number of nitrogens with zero attached hydrogens (tertiary/aromatic N) is 2. The number of benzene rings is 1. The summed E-state index contributed by atoms with van der Waals surface area (Å²) in [6, 6.07) is 10.4. The van der Waals surface area contributed by atoms with Crippen LogP contribution >= 0.6 is 23.4 Å². The van der Waals surface area contributed by atoms with Crippen molar-refractivity contribution >= 4 is 46.5 Å². The molecule has 1 aromatic heterocycles. The Morgan fingerprint density at radius 2 is 2.07 bits per heavy atom. The summed E-state index contributed by atoms with van der Waals surface area (Å²) in [6.07, 6.45) is 4.85. The zero-order chi connectivity index (χ0) is 19.9. The molecule has 1 aliphatic rings. The molecule has 0 saturated carbocycles. The van der Waals surface area contributed by atoms with Gasteiger partial charge >= 0.3 is 0 Å². The predicted octanol–water partition coefficient (Wildman–Crippen LogP) is 2.97. The van der Waals surface area contributed by atoms with E-state index in [9.17, 15) is 14.4 Å². The fourth-order valence-electron chi connectivity index (χ4n) is 2.37. The molecular weight excluding hydrogens is 402 g/mol. The molecule has 1 saturated heterocycles. The first kappa shape index (κ1) is 19.9. The number of amides is 3. The lowest BCUT2D eigenvalue weighted by atomic mass is 10.2. The van der Waals surface area contributed by atoms with E-state index in [2.05, 4.69) is 10.3 Å². The summed E-state index contributed by atoms with van der Waals surface area (Å²) in [5, 5.41) is 2.65. The Morgan fingerprint density at radius 3 is 2.82 bits per heavy atom. The molecule has 0 spiro atoms. The third-order valence-corrected chi connectivity index (χ3v) is 4.93. The molecule has 7 nitrogen and oxygen atoms in total. The van der Waals surface area contributed by atoms with Gasteiger partial charge in [-0.3, -0.25) is 24.3 Å². The Labute approximate surface area is 170 Å². The first-order chi connectivity index (χ1) is 13.5. The van der Waals surface area contributed by atoms with Crippen LogP contribution in [-0.2, 0) is 9.59 Å². The Balaban J connectivity index is 1.47. The molecule has 9 heteroatoms. The van der Waals surface area contributed by atoms with Crippen molar-refractivity contribution in [2.75, 3.05) is 19.7 Å². The maximum absolute atomic E-state index is 12.4. The van der Waals surface area contributed by atoms with E-state index in [1.54, 1.807) is 54.9 Å². The molecule has 2 aromatic rings. The Bertz CT molecular complexity index is 920. The molecule has 3 amide bonds. The highest BCUT2D eigenvalue weighted by Crippen LogP contribution is 2.31. The van der Waals surface area contributed by atoms with E-state index in [1.807, 2.05) is 0 Å². The standard InChI is InChI=1S/C19H16ClN3O4S/c20-14-5-1-2-6-15(14)27-12-17(24)22-8-9-23-18(25)16(28-19(23)26)10-13-4-3-7-21-11-13/h1-7,10-11H,8-9,12H2,(H,22,24)/b16-10-. The van der Waals surface area contributed by atoms with Gasteiger partial charge in [0.05, 0.1) is 9.93 Å². The van der Waals surface area contributed by atoms with Crippen LogP contribution in [-0.4, -0.2) is 46.6 Å². The van der Waals surface area contributed by atoms with E-state index < -0.39 is 0 Å². The van der Waals surface area contributed by atoms with Crippen LogP contribution in [0.15, 0.2) is 53.7 Å². The maximum Gasteiger partial charge on any atom is 0.293 e. The van der Waals surface area contributed by atoms with Crippen LogP contribution in [0.3, 0.4) is 0 Å². The van der Waals surface area contributed by atoms with Crippen LogP contribution in [0.5, 0.6) is 5.75 Å². The van der Waals surface area contributed by atoms with E-state index in [4.69, 9.17) is 16.3 Å². The Kier molecular flexibility index (Phi) is 6.67. The van der Waals surface area contributed by atoms with Gasteiger partial charge in [-0.1, -0.05) is 29.8 Å². The molecule has 28 heavy (non-hydrogen) atoms. The van der Waals surface area contributed by atoms with Crippen molar-refractivity contribution in [3.63, 3.8) is 0 Å². The lowest BCUT2D eigenvalue weighted by Crippen LogP contribution is -2.38. The number of rotatable bonds is 7. The zero-order valence-electron chi connectivity index (χ0n) is 14.6. The Hall–Kier alpha value is -2.84. The highest BCUT2D eigenvalue weighted by atomic mass is 35.5. The third-order valence-electron chi connectivity index (χ3n) is 3.71. The number of thioether (sulfide) groups is 1. The summed E-state index contributed by atoms with van der Waals surface area (Å²) in [4.78, 5) is 41.7. The minimum atomic E-state index is -0.389. The molecule has 0 aliphatic carbocycles. The average Bonchev–Trinajstić information content (AvgIpc) is 2.95. The van der Waals surface area contributed by atoms with Gasteiger partial charge in [-0.05, 0) is 41.6 Å². The third kappa shape index (κ3) is 5.11. The number of pyridine rings is 1. The lowest BCUT2D eigenvalue weighted by molar-refractivity contribution is -0.125. The summed E-state index contributed by atoms with van der Waals surface area (Å²) in [6.45, 7) is -0.0116. The summed E-state index contributed by atoms with van der Waals surface area (Å²) in [5.74, 6) is -0.357. The number of nitrogens with one attached hydrogen (secondary N) is 1. The van der Waals surface area contributed by atoms with Crippen LogP contribution < -0.4 is 10.1 Å². The van der Waals surface area contributed by atoms with Crippen LogP contribution in [0.1, 0.15) is 5.56 Å². The molecule has 0 bridgehead atoms. The van der Waals surface area contributed by atoms with Crippen molar-refractivity contribution in [2.45, 2.75) is 0 Å². The topological polar surface area (TPSA) is 88.6 Å². The highest BCUT2D eigenvalue weighted by molar-refractivity contribution is 8.18. The molecule has 1 aromatic carbocycles. The van der Waals surface area contributed by atoms with Crippen molar-refractivity contribution in [2.24, 2.45) is 0 Å². The minimum absolute atomic E-state index is 0.0763. The van der Waals surface area contributed by atoms with Crippen molar-refractivity contribution in [3.8, 4) is 5.75 Å². The number of carbonyl (C=O) groups is 3. The second kappa shape index (κ2) is 9.38. The summed E-state index contributed by atoms with van der Waals surface area (Å²) in [5.41, 5.74) is 0.734. The average molecular weight is 418 g/mol. The summed E-state index contributed by atoms with van der Waals surface area (Å²) >= 11 is 6.82. The fraction of sp³-hybridized carbons (Fsp3) is 0.158. The van der Waals surface area contributed by atoms with E-state index in [0.29, 0.717) is 15.7 Å². The van der Waals surface area contributed by atoms with Crippen LogP contribution in [0.2, 0.25) is 5.02 Å². The second-order valence-corrected chi connectivity index (χ2v) is 7.09. The molecule has 1 N–H and O–H groups in total. The quantitative estimate of drug-likeness (QED) is 0.697. The lowest BCUT2D eigenvalue weighted by Gasteiger charge is -2.13. The molecule has 144 valence electrons. The normalized spacial score (nSPS) is 15.2. The van der Waals surface area contributed by atoms with Crippen LogP contribution in [0, 0.1) is 0 Å². The van der Waals surface area contributed by atoms with Crippen molar-refractivity contribution in [1.29, 1.82) is 0 Å². The molecule has 0 unspecified atom stereocenters. The first-order valence-corrected chi connectivity index (χ1v) is 9.53. The Morgan fingerprint density at radius 1 is 1.25 bits per heavy atom. The maximum atomic E-state index is 12.4. The fourth-order valence-corrected chi connectivity index (χ4v) is 3.42. The number of hydrogen-bond donors (Lipinski definition) is 1. The number of imide groups is 1. The van der Waals surface area contributed by atoms with Gasteiger partial charge in [0.25, 0.3) is 17.1 Å². The van der Waals surface area contributed by atoms with Gasteiger partial charge in [-0.2, -0.15) is 0 Å². The van der Waals surface area contributed by atoms with E-state index in [0.717, 1.165) is 22.2 Å². The molecular formula is C19H16ClN3O4S. The van der Waals surface area contributed by atoms with Gasteiger partial charge < -0.3 is 10.1 Å². The van der Waals surface area contributed by atoms with Gasteiger partial charge in [0.15, 0.2) is 6.61 Å². The van der Waals surface area contributed by atoms with E-state index in [1.165, 1.54) is 0 Å². The summed E-state index contributed by atoms with van der Waals surface area (Å²) < 4.78 is 5.34. The van der Waals surface area contributed by atoms with E-state index in [-0.39, 0.29) is 36.7 Å². The SMILES string of the molecule is O=C(COc1ccccc1Cl)NCCN1C(=O)S/C(=C\c2cccnc2)C1=O. The van der Waals surface area contributed by atoms with Crippen molar-refractivity contribution in [1.82, 2.24) is 15.2 Å². The van der Waals surface area contributed by atoms with Gasteiger partial charge in [0, 0.05) is 25.5 Å². The minimum Gasteiger partial charge on any atom is -0.482 e. The number of hydrogen-bond acceptors (Lipinski definition) is 6. The monoisotopic (exact) mass is 417 g/mol. The number of aromatic nitrogens is 1. The highest BCUT2D eigenvalue weighted by Gasteiger charge is 2.34. The number of carbonyl (C=O) groups excluding carboxylic acids is 3. The first-order valence-electron chi connectivity index (χ1n) is 8.34. The molecule has 0 radical (unpaired) electrons. The summed E-state index contributed by atoms with van der Waals surface area (Å²) in [7, 11) is 0.